The van der Waals surface area contributed by atoms with Gasteiger partial charge in [0, 0.05) is 18.2 Å². The maximum Gasteiger partial charge on any atom is 0.412 e. The highest BCUT2D eigenvalue weighted by molar-refractivity contribution is 7.14. The highest BCUT2D eigenvalue weighted by atomic mass is 32.1. The topological polar surface area (TPSA) is 171 Å². The molecule has 12 heteroatoms. The summed E-state index contributed by atoms with van der Waals surface area (Å²) in [6, 6.07) is 8.32. The monoisotopic (exact) mass is 444 g/mol. The molecule has 1 aromatic carbocycles. The second-order valence-corrected chi connectivity index (χ2v) is 7.04. The number of nitrogens with one attached hydrogen (secondary N) is 3. The van der Waals surface area contributed by atoms with Crippen molar-refractivity contribution in [2.75, 3.05) is 10.6 Å². The second-order valence-electron chi connectivity index (χ2n) is 6.12. The SMILES string of the molecule is CC(=O)Nc1ccccc1COC(=O)Nc1ccsc1-c1nc(C(=O)O)c(O)c(=O)[nH]1. The van der Waals surface area contributed by atoms with Crippen molar-refractivity contribution in [2.45, 2.75) is 13.5 Å². The first-order valence-electron chi connectivity index (χ1n) is 8.70. The Hall–Kier alpha value is -4.19. The van der Waals surface area contributed by atoms with Crippen LogP contribution in [-0.2, 0) is 16.1 Å². The Kier molecular flexibility index (Phi) is 6.31. The Morgan fingerprint density at radius 2 is 1.90 bits per heavy atom. The van der Waals surface area contributed by atoms with Gasteiger partial charge in [-0.25, -0.2) is 14.6 Å². The van der Waals surface area contributed by atoms with E-state index >= 15 is 0 Å². The number of carboxylic acid groups (broad SMARTS) is 1. The van der Waals surface area contributed by atoms with Gasteiger partial charge in [0.05, 0.1) is 10.6 Å². The fourth-order valence-electron chi connectivity index (χ4n) is 2.56. The average molecular weight is 444 g/mol. The number of anilines is 2. The van der Waals surface area contributed by atoms with Crippen LogP contribution in [0.5, 0.6) is 5.75 Å². The summed E-state index contributed by atoms with van der Waals surface area (Å²) in [4.78, 5) is 52.8. The third-order valence-corrected chi connectivity index (χ3v) is 4.82. The van der Waals surface area contributed by atoms with E-state index in [1.54, 1.807) is 29.6 Å². The van der Waals surface area contributed by atoms with E-state index in [-0.39, 0.29) is 28.9 Å². The number of aromatic carboxylic acids is 1. The summed E-state index contributed by atoms with van der Waals surface area (Å²) >= 11 is 1.08. The first kappa shape index (κ1) is 21.5. The summed E-state index contributed by atoms with van der Waals surface area (Å²) in [5, 5.41) is 25.4. The van der Waals surface area contributed by atoms with Gasteiger partial charge in [-0.15, -0.1) is 11.3 Å². The number of benzene rings is 1. The van der Waals surface area contributed by atoms with Crippen LogP contribution in [0.1, 0.15) is 23.0 Å². The van der Waals surface area contributed by atoms with Gasteiger partial charge in [0.1, 0.15) is 6.61 Å². The molecule has 160 valence electrons. The summed E-state index contributed by atoms with van der Waals surface area (Å²) in [5.74, 6) is -3.00. The number of hydrogen-bond acceptors (Lipinski definition) is 8. The molecule has 3 rings (SSSR count). The van der Waals surface area contributed by atoms with E-state index in [9.17, 15) is 24.3 Å². The average Bonchev–Trinajstić information content (AvgIpc) is 3.16. The summed E-state index contributed by atoms with van der Waals surface area (Å²) in [6.45, 7) is 1.24. The van der Waals surface area contributed by atoms with Crippen molar-refractivity contribution in [3.63, 3.8) is 0 Å². The van der Waals surface area contributed by atoms with Crippen molar-refractivity contribution in [1.82, 2.24) is 9.97 Å². The van der Waals surface area contributed by atoms with E-state index in [1.807, 2.05) is 0 Å². The molecule has 31 heavy (non-hydrogen) atoms. The molecule has 3 aromatic rings. The number of ether oxygens (including phenoxy) is 1. The molecule has 0 bridgehead atoms. The Bertz CT molecular complexity index is 1220. The normalized spacial score (nSPS) is 10.4. The lowest BCUT2D eigenvalue weighted by Crippen LogP contribution is -2.17. The molecule has 0 aliphatic carbocycles. The smallest absolute Gasteiger partial charge is 0.412 e. The van der Waals surface area contributed by atoms with Gasteiger partial charge in [-0.2, -0.15) is 0 Å². The van der Waals surface area contributed by atoms with Crippen molar-refractivity contribution in [1.29, 1.82) is 0 Å². The van der Waals surface area contributed by atoms with Crippen LogP contribution in [0.15, 0.2) is 40.5 Å². The summed E-state index contributed by atoms with van der Waals surface area (Å²) < 4.78 is 5.20. The predicted octanol–water partition coefficient (Wildman–Crippen LogP) is 2.61. The molecule has 0 atom stereocenters. The van der Waals surface area contributed by atoms with Gasteiger partial charge in [0.25, 0.3) is 5.56 Å². The maximum atomic E-state index is 12.3. The van der Waals surface area contributed by atoms with Crippen molar-refractivity contribution in [3.8, 4) is 16.5 Å². The van der Waals surface area contributed by atoms with E-state index in [4.69, 9.17) is 9.84 Å². The minimum absolute atomic E-state index is 0.126. The first-order valence-corrected chi connectivity index (χ1v) is 9.58. The number of carbonyl (C=O) groups is 3. The molecule has 2 aromatic heterocycles. The Morgan fingerprint density at radius 3 is 2.61 bits per heavy atom. The molecule has 0 saturated heterocycles. The predicted molar refractivity (Wildman–Crippen MR) is 111 cm³/mol. The van der Waals surface area contributed by atoms with Crippen LogP contribution < -0.4 is 16.2 Å². The molecule has 0 radical (unpaired) electrons. The second kappa shape index (κ2) is 9.09. The molecule has 0 spiro atoms. The number of carboxylic acids is 1. The van der Waals surface area contributed by atoms with Gasteiger partial charge in [0.15, 0.2) is 11.5 Å². The maximum absolute atomic E-state index is 12.3. The molecular weight excluding hydrogens is 428 g/mol. The molecule has 2 amide bonds. The largest absolute Gasteiger partial charge is 0.501 e. The van der Waals surface area contributed by atoms with E-state index < -0.39 is 29.1 Å². The number of rotatable bonds is 6. The van der Waals surface area contributed by atoms with Crippen LogP contribution in [0.3, 0.4) is 0 Å². The van der Waals surface area contributed by atoms with E-state index in [1.165, 1.54) is 13.0 Å². The molecular formula is C19H16N4O7S. The van der Waals surface area contributed by atoms with Crippen LogP contribution in [-0.4, -0.2) is 38.2 Å². The third kappa shape index (κ3) is 5.05. The number of hydrogen-bond donors (Lipinski definition) is 5. The number of para-hydroxylation sites is 1. The molecule has 0 aliphatic heterocycles. The van der Waals surface area contributed by atoms with Gasteiger partial charge in [0.2, 0.25) is 11.7 Å². The van der Waals surface area contributed by atoms with Gasteiger partial charge >= 0.3 is 12.1 Å². The molecule has 5 N–H and O–H groups in total. The number of thiophene rings is 1. The minimum atomic E-state index is -1.58. The number of nitrogens with zero attached hydrogens (tertiary/aromatic N) is 1. The zero-order valence-electron chi connectivity index (χ0n) is 16.0. The van der Waals surface area contributed by atoms with Crippen LogP contribution in [0.2, 0.25) is 0 Å². The third-order valence-electron chi connectivity index (χ3n) is 3.90. The highest BCUT2D eigenvalue weighted by Crippen LogP contribution is 2.31. The summed E-state index contributed by atoms with van der Waals surface area (Å²) in [5.41, 5.74) is -0.537. The first-order chi connectivity index (χ1) is 14.8. The molecule has 11 nitrogen and oxygen atoms in total. The van der Waals surface area contributed by atoms with Gasteiger partial charge in [-0.05, 0) is 17.5 Å². The fraction of sp³-hybridized carbons (Fsp3) is 0.105. The zero-order chi connectivity index (χ0) is 22.5. The lowest BCUT2D eigenvalue weighted by atomic mass is 10.2. The number of carbonyl (C=O) groups excluding carboxylic acids is 2. The summed E-state index contributed by atoms with van der Waals surface area (Å²) in [6.07, 6.45) is -0.822. The lowest BCUT2D eigenvalue weighted by Gasteiger charge is -2.11. The quantitative estimate of drug-likeness (QED) is 0.386. The van der Waals surface area contributed by atoms with Crippen molar-refractivity contribution in [2.24, 2.45) is 0 Å². The van der Waals surface area contributed by atoms with Crippen LogP contribution >= 0.6 is 11.3 Å². The van der Waals surface area contributed by atoms with Crippen LogP contribution in [0.25, 0.3) is 10.7 Å². The fourth-order valence-corrected chi connectivity index (χ4v) is 3.36. The number of H-pyrrole nitrogens is 1. The number of aromatic hydroxyl groups is 1. The molecule has 0 aliphatic rings. The Labute approximate surface area is 178 Å². The summed E-state index contributed by atoms with van der Waals surface area (Å²) in [7, 11) is 0. The standard InChI is InChI=1S/C19H16N4O7S/c1-9(24)20-11-5-3-2-4-10(11)8-30-19(29)21-12-6-7-31-15(12)16-22-13(18(27)28)14(25)17(26)23-16/h2-7,25H,8H2,1H3,(H,20,24)(H,21,29)(H,27,28)(H,22,23,26). The van der Waals surface area contributed by atoms with Gasteiger partial charge < -0.3 is 25.3 Å². The number of aromatic nitrogens is 2. The number of amides is 2. The Morgan fingerprint density at radius 1 is 1.16 bits per heavy atom. The van der Waals surface area contributed by atoms with E-state index in [0.29, 0.717) is 11.3 Å². The molecule has 0 unspecified atom stereocenters. The highest BCUT2D eigenvalue weighted by Gasteiger charge is 2.20. The van der Waals surface area contributed by atoms with E-state index in [2.05, 4.69) is 20.6 Å². The number of aromatic amines is 1. The molecule has 0 saturated carbocycles. The zero-order valence-corrected chi connectivity index (χ0v) is 16.8. The van der Waals surface area contributed by atoms with Crippen molar-refractivity contribution < 1.29 is 29.3 Å². The molecule has 0 fully saturated rings. The minimum Gasteiger partial charge on any atom is -0.501 e. The van der Waals surface area contributed by atoms with Crippen molar-refractivity contribution >= 4 is 40.7 Å². The Balaban J connectivity index is 1.76. The van der Waals surface area contributed by atoms with E-state index in [0.717, 1.165) is 11.3 Å². The van der Waals surface area contributed by atoms with Crippen LogP contribution in [0.4, 0.5) is 16.2 Å². The molecule has 2 heterocycles. The van der Waals surface area contributed by atoms with Gasteiger partial charge in [-0.3, -0.25) is 14.9 Å². The van der Waals surface area contributed by atoms with Gasteiger partial charge in [-0.1, -0.05) is 18.2 Å². The van der Waals surface area contributed by atoms with Crippen molar-refractivity contribution in [3.05, 3.63) is 57.3 Å². The lowest BCUT2D eigenvalue weighted by molar-refractivity contribution is -0.114. The van der Waals surface area contributed by atoms with Crippen LogP contribution in [0, 0.1) is 0 Å².